The zero-order valence-corrected chi connectivity index (χ0v) is 11.1. The Morgan fingerprint density at radius 1 is 1.15 bits per heavy atom. The Kier molecular flexibility index (Phi) is 3.37. The Morgan fingerprint density at radius 2 is 2.05 bits per heavy atom. The Labute approximate surface area is 117 Å². The molecule has 0 saturated carbocycles. The Balaban J connectivity index is 1.89. The van der Waals surface area contributed by atoms with Crippen molar-refractivity contribution in [1.29, 1.82) is 0 Å². The predicted molar refractivity (Wildman–Crippen MR) is 81.9 cm³/mol. The molecule has 0 saturated heterocycles. The van der Waals surface area contributed by atoms with Crippen LogP contribution in [0.2, 0.25) is 0 Å². The summed E-state index contributed by atoms with van der Waals surface area (Å²) in [6.07, 6.45) is 5.25. The van der Waals surface area contributed by atoms with Crippen molar-refractivity contribution in [2.45, 2.75) is 6.92 Å². The van der Waals surface area contributed by atoms with E-state index in [2.05, 4.69) is 20.5 Å². The van der Waals surface area contributed by atoms with Gasteiger partial charge in [-0.05, 0) is 25.1 Å². The maximum absolute atomic E-state index is 4.50. The summed E-state index contributed by atoms with van der Waals surface area (Å²) in [5, 5.41) is 5.32. The van der Waals surface area contributed by atoms with Crippen molar-refractivity contribution in [3.63, 3.8) is 0 Å². The van der Waals surface area contributed by atoms with E-state index in [-0.39, 0.29) is 0 Å². The third kappa shape index (κ3) is 2.64. The Morgan fingerprint density at radius 3 is 2.90 bits per heavy atom. The van der Waals surface area contributed by atoms with Gasteiger partial charge < -0.3 is 0 Å². The highest BCUT2D eigenvalue weighted by molar-refractivity contribution is 5.91. The number of aromatic nitrogens is 2. The molecule has 0 amide bonds. The fourth-order valence-electron chi connectivity index (χ4n) is 2.03. The molecule has 3 rings (SSSR count). The topological polar surface area (TPSA) is 50.2 Å². The van der Waals surface area contributed by atoms with Crippen LogP contribution in [-0.2, 0) is 0 Å². The monoisotopic (exact) mass is 262 g/mol. The smallest absolute Gasteiger partial charge is 0.0726 e. The summed E-state index contributed by atoms with van der Waals surface area (Å²) >= 11 is 0. The van der Waals surface area contributed by atoms with Crippen molar-refractivity contribution in [1.82, 2.24) is 9.97 Å². The first-order valence-corrected chi connectivity index (χ1v) is 6.38. The lowest BCUT2D eigenvalue weighted by molar-refractivity contribution is 1.24. The minimum absolute atomic E-state index is 0.952. The zero-order chi connectivity index (χ0) is 13.8. The molecule has 0 aliphatic heterocycles. The number of para-hydroxylation sites is 1. The molecule has 0 bridgehead atoms. The van der Waals surface area contributed by atoms with Gasteiger partial charge in [-0.1, -0.05) is 24.3 Å². The molecular formula is C16H14N4. The molecule has 0 radical (unpaired) electrons. The lowest BCUT2D eigenvalue weighted by atomic mass is 10.1. The van der Waals surface area contributed by atoms with Crippen LogP contribution in [0.15, 0.2) is 60.0 Å². The third-order valence-electron chi connectivity index (χ3n) is 2.93. The Hall–Kier alpha value is -2.75. The lowest BCUT2D eigenvalue weighted by Crippen LogP contribution is -1.94. The Bertz CT molecular complexity index is 751. The highest BCUT2D eigenvalue weighted by atomic mass is 15.3. The second-order valence-corrected chi connectivity index (χ2v) is 4.48. The number of benzene rings is 1. The molecule has 0 fully saturated rings. The maximum atomic E-state index is 4.50. The van der Waals surface area contributed by atoms with E-state index in [1.807, 2.05) is 49.4 Å². The molecule has 3 aromatic rings. The van der Waals surface area contributed by atoms with Crippen LogP contribution in [0.4, 0.5) is 5.69 Å². The molecule has 98 valence electrons. The van der Waals surface area contributed by atoms with Crippen LogP contribution in [0, 0.1) is 6.92 Å². The molecule has 4 heteroatoms. The van der Waals surface area contributed by atoms with Gasteiger partial charge in [0.15, 0.2) is 0 Å². The van der Waals surface area contributed by atoms with Crippen molar-refractivity contribution in [3.8, 4) is 0 Å². The van der Waals surface area contributed by atoms with Gasteiger partial charge in [0.2, 0.25) is 0 Å². The van der Waals surface area contributed by atoms with Crippen molar-refractivity contribution >= 4 is 22.8 Å². The van der Waals surface area contributed by atoms with Crippen molar-refractivity contribution in [3.05, 3.63) is 66.1 Å². The van der Waals surface area contributed by atoms with E-state index in [1.54, 1.807) is 18.6 Å². The van der Waals surface area contributed by atoms with E-state index in [0.717, 1.165) is 27.8 Å². The van der Waals surface area contributed by atoms with Crippen LogP contribution in [0.5, 0.6) is 0 Å². The fourth-order valence-corrected chi connectivity index (χ4v) is 2.03. The summed E-state index contributed by atoms with van der Waals surface area (Å²) in [5.74, 6) is 0. The molecule has 0 aliphatic rings. The summed E-state index contributed by atoms with van der Waals surface area (Å²) in [5.41, 5.74) is 6.91. The third-order valence-corrected chi connectivity index (χ3v) is 2.93. The summed E-state index contributed by atoms with van der Waals surface area (Å²) in [7, 11) is 0. The van der Waals surface area contributed by atoms with Gasteiger partial charge in [0.05, 0.1) is 17.4 Å². The van der Waals surface area contributed by atoms with Crippen molar-refractivity contribution in [2.24, 2.45) is 5.10 Å². The van der Waals surface area contributed by atoms with Gasteiger partial charge in [0.1, 0.15) is 0 Å². The molecular weight excluding hydrogens is 248 g/mol. The number of anilines is 1. The molecule has 1 aromatic carbocycles. The molecule has 4 nitrogen and oxygen atoms in total. The van der Waals surface area contributed by atoms with E-state index in [4.69, 9.17) is 0 Å². The number of hydrogen-bond acceptors (Lipinski definition) is 4. The second kappa shape index (κ2) is 5.48. The number of pyridine rings is 2. The predicted octanol–water partition coefficient (Wildman–Crippen LogP) is 3.38. The average Bonchev–Trinajstić information content (AvgIpc) is 2.48. The largest absolute Gasteiger partial charge is 0.278 e. The molecule has 0 aliphatic carbocycles. The number of hydrogen-bond donors (Lipinski definition) is 1. The summed E-state index contributed by atoms with van der Waals surface area (Å²) in [6, 6.07) is 13.8. The van der Waals surface area contributed by atoms with Gasteiger partial charge in [0.25, 0.3) is 0 Å². The van der Waals surface area contributed by atoms with Gasteiger partial charge in [-0.2, -0.15) is 5.10 Å². The molecule has 2 heterocycles. The van der Waals surface area contributed by atoms with Crippen molar-refractivity contribution < 1.29 is 0 Å². The molecule has 0 unspecified atom stereocenters. The number of nitrogens with one attached hydrogen (secondary N) is 1. The van der Waals surface area contributed by atoms with Crippen LogP contribution in [-0.4, -0.2) is 16.2 Å². The van der Waals surface area contributed by atoms with E-state index < -0.39 is 0 Å². The first-order valence-electron chi connectivity index (χ1n) is 6.38. The lowest BCUT2D eigenvalue weighted by Gasteiger charge is -2.06. The fraction of sp³-hybridized carbons (Fsp3) is 0.0625. The van der Waals surface area contributed by atoms with E-state index >= 15 is 0 Å². The SMILES string of the molecule is Cc1cc(NN=Cc2cccnc2)c2ccccc2n1. The highest BCUT2D eigenvalue weighted by Crippen LogP contribution is 2.22. The quantitative estimate of drug-likeness (QED) is 0.581. The molecule has 0 atom stereocenters. The number of hydrazone groups is 1. The molecule has 0 spiro atoms. The highest BCUT2D eigenvalue weighted by Gasteiger charge is 2.01. The van der Waals surface area contributed by atoms with Gasteiger partial charge in [-0.15, -0.1) is 0 Å². The van der Waals surface area contributed by atoms with Crippen molar-refractivity contribution in [2.75, 3.05) is 5.43 Å². The number of nitrogens with zero attached hydrogens (tertiary/aromatic N) is 3. The van der Waals surface area contributed by atoms with Crippen LogP contribution in [0.3, 0.4) is 0 Å². The van der Waals surface area contributed by atoms with Gasteiger partial charge in [-0.25, -0.2) is 0 Å². The molecule has 1 N–H and O–H groups in total. The zero-order valence-electron chi connectivity index (χ0n) is 11.1. The average molecular weight is 262 g/mol. The molecule has 2 aromatic heterocycles. The minimum atomic E-state index is 0.952. The normalized spacial score (nSPS) is 11.1. The second-order valence-electron chi connectivity index (χ2n) is 4.48. The van der Waals surface area contributed by atoms with Gasteiger partial charge in [0, 0.05) is 29.0 Å². The summed E-state index contributed by atoms with van der Waals surface area (Å²) in [6.45, 7) is 1.97. The van der Waals surface area contributed by atoms with Crippen LogP contribution < -0.4 is 5.43 Å². The summed E-state index contributed by atoms with van der Waals surface area (Å²) in [4.78, 5) is 8.55. The van der Waals surface area contributed by atoms with E-state index in [9.17, 15) is 0 Å². The van der Waals surface area contributed by atoms with Crippen LogP contribution in [0.1, 0.15) is 11.3 Å². The minimum Gasteiger partial charge on any atom is -0.278 e. The first-order chi connectivity index (χ1) is 9.83. The number of fused-ring (bicyclic) bond motifs is 1. The maximum Gasteiger partial charge on any atom is 0.0726 e. The van der Waals surface area contributed by atoms with Crippen LogP contribution in [0.25, 0.3) is 10.9 Å². The summed E-state index contributed by atoms with van der Waals surface area (Å²) < 4.78 is 0. The van der Waals surface area contributed by atoms with Crippen LogP contribution >= 0.6 is 0 Å². The van der Waals surface area contributed by atoms with Gasteiger partial charge in [-0.3, -0.25) is 15.4 Å². The number of rotatable bonds is 3. The standard InChI is InChI=1S/C16H14N4/c1-12-9-16(14-6-2-3-7-15(14)19-12)20-18-11-13-5-4-8-17-10-13/h2-11H,1H3,(H,19,20). The number of aryl methyl sites for hydroxylation is 1. The molecule has 20 heavy (non-hydrogen) atoms. The van der Waals surface area contributed by atoms with Gasteiger partial charge >= 0.3 is 0 Å². The van der Waals surface area contributed by atoms with E-state index in [0.29, 0.717) is 0 Å². The first kappa shape index (κ1) is 12.3. The van der Waals surface area contributed by atoms with E-state index in [1.165, 1.54) is 0 Å².